The van der Waals surface area contributed by atoms with Gasteiger partial charge in [-0.2, -0.15) is 13.2 Å². The Morgan fingerprint density at radius 1 is 1.33 bits per heavy atom. The van der Waals surface area contributed by atoms with Gasteiger partial charge in [-0.15, -0.1) is 0 Å². The van der Waals surface area contributed by atoms with Gasteiger partial charge in [0.1, 0.15) is 6.54 Å². The molecule has 0 saturated carbocycles. The van der Waals surface area contributed by atoms with Crippen LogP contribution < -0.4 is 0 Å². The summed E-state index contributed by atoms with van der Waals surface area (Å²) in [6, 6.07) is 5.85. The monoisotopic (exact) mass is 255 g/mol. The number of alkyl halides is 3. The molecule has 1 aromatic rings. The summed E-state index contributed by atoms with van der Waals surface area (Å²) < 4.78 is 37.3. The van der Waals surface area contributed by atoms with E-state index in [4.69, 9.17) is 0 Å². The molecule has 0 aliphatic carbocycles. The summed E-state index contributed by atoms with van der Waals surface area (Å²) >= 11 is 0. The van der Waals surface area contributed by atoms with E-state index in [-0.39, 0.29) is 0 Å². The molecule has 1 aromatic carbocycles. The molecule has 0 fully saturated rings. The SMILES string of the molecule is C=C1c2cc(C(C)C)ccc2CN1CC(F)(F)F. The Balaban J connectivity index is 2.26. The molecule has 2 rings (SSSR count). The van der Waals surface area contributed by atoms with Gasteiger partial charge >= 0.3 is 6.18 Å². The number of nitrogens with zero attached hydrogens (tertiary/aromatic N) is 1. The Bertz CT molecular complexity index is 474. The molecular weight excluding hydrogens is 239 g/mol. The molecule has 18 heavy (non-hydrogen) atoms. The first-order valence-corrected chi connectivity index (χ1v) is 5.92. The lowest BCUT2D eigenvalue weighted by atomic mass is 9.98. The van der Waals surface area contributed by atoms with Crippen molar-refractivity contribution >= 4 is 5.70 Å². The van der Waals surface area contributed by atoms with Crippen molar-refractivity contribution < 1.29 is 13.2 Å². The van der Waals surface area contributed by atoms with Crippen LogP contribution in [0.5, 0.6) is 0 Å². The lowest BCUT2D eigenvalue weighted by molar-refractivity contribution is -0.139. The molecule has 98 valence electrons. The van der Waals surface area contributed by atoms with Crippen LogP contribution in [0.2, 0.25) is 0 Å². The van der Waals surface area contributed by atoms with Gasteiger partial charge in [0.15, 0.2) is 0 Å². The zero-order chi connectivity index (χ0) is 13.5. The first-order chi connectivity index (χ1) is 8.28. The maximum Gasteiger partial charge on any atom is 0.405 e. The van der Waals surface area contributed by atoms with E-state index in [1.807, 2.05) is 18.2 Å². The molecule has 1 aliphatic rings. The van der Waals surface area contributed by atoms with E-state index in [2.05, 4.69) is 20.4 Å². The molecule has 0 radical (unpaired) electrons. The molecule has 0 bridgehead atoms. The van der Waals surface area contributed by atoms with Crippen molar-refractivity contribution in [1.29, 1.82) is 0 Å². The molecule has 0 unspecified atom stereocenters. The summed E-state index contributed by atoms with van der Waals surface area (Å²) in [4.78, 5) is 1.29. The Hall–Kier alpha value is -1.45. The highest BCUT2D eigenvalue weighted by Crippen LogP contribution is 2.35. The fraction of sp³-hybridized carbons (Fsp3) is 0.429. The summed E-state index contributed by atoms with van der Waals surface area (Å²) in [5.41, 5.74) is 3.38. The fourth-order valence-electron chi connectivity index (χ4n) is 2.20. The van der Waals surface area contributed by atoms with Crippen LogP contribution in [0.15, 0.2) is 24.8 Å². The topological polar surface area (TPSA) is 3.24 Å². The first kappa shape index (κ1) is 13.0. The van der Waals surface area contributed by atoms with Gasteiger partial charge in [0.2, 0.25) is 0 Å². The third-order valence-electron chi connectivity index (χ3n) is 3.22. The first-order valence-electron chi connectivity index (χ1n) is 5.92. The molecule has 0 atom stereocenters. The average molecular weight is 255 g/mol. The van der Waals surface area contributed by atoms with E-state index in [9.17, 15) is 13.2 Å². The molecular formula is C14H16F3N. The molecule has 4 heteroatoms. The second kappa shape index (κ2) is 4.34. The predicted octanol–water partition coefficient (Wildman–Crippen LogP) is 4.16. The van der Waals surface area contributed by atoms with E-state index < -0.39 is 12.7 Å². The molecule has 0 spiro atoms. The molecule has 0 amide bonds. The van der Waals surface area contributed by atoms with Crippen molar-refractivity contribution in [3.63, 3.8) is 0 Å². The van der Waals surface area contributed by atoms with Gasteiger partial charge in [0.05, 0.1) is 0 Å². The minimum absolute atomic E-state index is 0.298. The molecule has 1 aliphatic heterocycles. The van der Waals surface area contributed by atoms with Crippen molar-refractivity contribution in [2.75, 3.05) is 6.54 Å². The lowest BCUT2D eigenvalue weighted by Crippen LogP contribution is -2.29. The highest BCUT2D eigenvalue weighted by molar-refractivity contribution is 5.69. The summed E-state index contributed by atoms with van der Waals surface area (Å²) in [6.45, 7) is 7.28. The van der Waals surface area contributed by atoms with Crippen LogP contribution >= 0.6 is 0 Å². The third-order valence-corrected chi connectivity index (χ3v) is 3.22. The Morgan fingerprint density at radius 3 is 2.56 bits per heavy atom. The van der Waals surface area contributed by atoms with Crippen molar-refractivity contribution in [3.05, 3.63) is 41.5 Å². The smallest absolute Gasteiger partial charge is 0.358 e. The number of rotatable bonds is 2. The Morgan fingerprint density at radius 2 is 2.00 bits per heavy atom. The van der Waals surface area contributed by atoms with Gasteiger partial charge < -0.3 is 4.90 Å². The third kappa shape index (κ3) is 2.52. The minimum atomic E-state index is -4.19. The Labute approximate surface area is 105 Å². The minimum Gasteiger partial charge on any atom is -0.358 e. The maximum atomic E-state index is 12.4. The number of benzene rings is 1. The van der Waals surface area contributed by atoms with Gasteiger partial charge in [-0.3, -0.25) is 0 Å². The molecule has 1 heterocycles. The normalized spacial score (nSPS) is 15.4. The maximum absolute atomic E-state index is 12.4. The second-order valence-electron chi connectivity index (χ2n) is 4.99. The van der Waals surface area contributed by atoms with Crippen LogP contribution in [0.1, 0.15) is 36.5 Å². The summed E-state index contributed by atoms with van der Waals surface area (Å²) in [7, 11) is 0. The molecule has 0 aromatic heterocycles. The van der Waals surface area contributed by atoms with Crippen molar-refractivity contribution in [2.45, 2.75) is 32.5 Å². The van der Waals surface area contributed by atoms with Crippen LogP contribution in [0.3, 0.4) is 0 Å². The predicted molar refractivity (Wildman–Crippen MR) is 66.0 cm³/mol. The summed E-state index contributed by atoms with van der Waals surface area (Å²) in [5.74, 6) is 0.361. The zero-order valence-corrected chi connectivity index (χ0v) is 10.5. The number of fused-ring (bicyclic) bond motifs is 1. The number of halogens is 3. The quantitative estimate of drug-likeness (QED) is 0.767. The standard InChI is InChI=1S/C14H16F3N/c1-9(2)11-4-5-12-7-18(8-14(15,16)17)10(3)13(12)6-11/h4-6,9H,3,7-8H2,1-2H3. The van der Waals surface area contributed by atoms with Crippen LogP contribution in [-0.4, -0.2) is 17.6 Å². The fourth-order valence-corrected chi connectivity index (χ4v) is 2.20. The van der Waals surface area contributed by atoms with Gasteiger partial charge in [0, 0.05) is 17.8 Å². The van der Waals surface area contributed by atoms with Crippen molar-refractivity contribution in [3.8, 4) is 0 Å². The van der Waals surface area contributed by atoms with Gasteiger partial charge in [0.25, 0.3) is 0 Å². The van der Waals surface area contributed by atoms with Crippen molar-refractivity contribution in [2.24, 2.45) is 0 Å². The molecule has 0 N–H and O–H groups in total. The zero-order valence-electron chi connectivity index (χ0n) is 10.5. The van der Waals surface area contributed by atoms with Crippen LogP contribution in [0.4, 0.5) is 13.2 Å². The van der Waals surface area contributed by atoms with E-state index in [0.717, 1.165) is 16.7 Å². The van der Waals surface area contributed by atoms with E-state index >= 15 is 0 Å². The van der Waals surface area contributed by atoms with E-state index in [0.29, 0.717) is 18.2 Å². The van der Waals surface area contributed by atoms with Crippen LogP contribution in [0, 0.1) is 0 Å². The second-order valence-corrected chi connectivity index (χ2v) is 4.99. The highest BCUT2D eigenvalue weighted by atomic mass is 19.4. The van der Waals surface area contributed by atoms with E-state index in [1.165, 1.54) is 4.90 Å². The average Bonchev–Trinajstić information content (AvgIpc) is 2.53. The van der Waals surface area contributed by atoms with Crippen LogP contribution in [-0.2, 0) is 6.54 Å². The van der Waals surface area contributed by atoms with E-state index in [1.54, 1.807) is 0 Å². The Kier molecular flexibility index (Phi) is 3.13. The van der Waals surface area contributed by atoms with Gasteiger partial charge in [-0.1, -0.05) is 32.6 Å². The number of hydrogen-bond donors (Lipinski definition) is 0. The number of hydrogen-bond acceptors (Lipinski definition) is 1. The lowest BCUT2D eigenvalue weighted by Gasteiger charge is -2.20. The highest BCUT2D eigenvalue weighted by Gasteiger charge is 2.34. The molecule has 1 nitrogen and oxygen atoms in total. The van der Waals surface area contributed by atoms with Crippen molar-refractivity contribution in [1.82, 2.24) is 4.90 Å². The van der Waals surface area contributed by atoms with Crippen LogP contribution in [0.25, 0.3) is 5.70 Å². The molecule has 0 saturated heterocycles. The summed E-state index contributed by atoms with van der Waals surface area (Å²) in [5, 5.41) is 0. The van der Waals surface area contributed by atoms with Gasteiger partial charge in [-0.05, 0) is 23.1 Å². The van der Waals surface area contributed by atoms with Gasteiger partial charge in [-0.25, -0.2) is 0 Å². The largest absolute Gasteiger partial charge is 0.405 e. The summed E-state index contributed by atoms with van der Waals surface area (Å²) in [6.07, 6.45) is -4.19.